The second-order valence-corrected chi connectivity index (χ2v) is 2.46. The van der Waals surface area contributed by atoms with Crippen molar-refractivity contribution in [1.29, 1.82) is 0 Å². The molecule has 0 aliphatic rings. The fourth-order valence-corrected chi connectivity index (χ4v) is 0.896. The number of ether oxygens (including phenoxy) is 1. The van der Waals surface area contributed by atoms with Gasteiger partial charge in [0.15, 0.2) is 0 Å². The molecule has 13 heavy (non-hydrogen) atoms. The summed E-state index contributed by atoms with van der Waals surface area (Å²) < 4.78 is 4.42. The zero-order chi connectivity index (χ0) is 9.84. The Balaban J connectivity index is 2.69. The van der Waals surface area contributed by atoms with Gasteiger partial charge in [0.25, 0.3) is 0 Å². The van der Waals surface area contributed by atoms with Crippen LogP contribution in [0, 0.1) is 0 Å². The summed E-state index contributed by atoms with van der Waals surface area (Å²) in [6.45, 7) is 0. The Labute approximate surface area is 74.3 Å². The molecule has 5 heteroatoms. The summed E-state index contributed by atoms with van der Waals surface area (Å²) in [6.07, 6.45) is 0.0593. The molecule has 1 aromatic heterocycles. The van der Waals surface area contributed by atoms with E-state index in [-0.39, 0.29) is 12.1 Å². The molecule has 0 aliphatic carbocycles. The standard InChI is InChI=1S/C8H9NO4/c1-13-7(10)4-5-2-3-6(9-5)8(11)12/h2-3,9H,4H2,1H3,(H,11,12). The smallest absolute Gasteiger partial charge is 0.352 e. The number of carboxylic acid groups (broad SMARTS) is 1. The molecule has 0 radical (unpaired) electrons. The highest BCUT2D eigenvalue weighted by atomic mass is 16.5. The number of H-pyrrole nitrogens is 1. The van der Waals surface area contributed by atoms with E-state index in [9.17, 15) is 9.59 Å². The molecule has 0 bridgehead atoms. The van der Waals surface area contributed by atoms with Crippen molar-refractivity contribution in [3.63, 3.8) is 0 Å². The molecule has 0 atom stereocenters. The Bertz CT molecular complexity index is 329. The van der Waals surface area contributed by atoms with Gasteiger partial charge in [0.05, 0.1) is 13.5 Å². The third-order valence-electron chi connectivity index (χ3n) is 1.54. The average Bonchev–Trinajstić information content (AvgIpc) is 2.52. The van der Waals surface area contributed by atoms with Gasteiger partial charge in [-0.15, -0.1) is 0 Å². The van der Waals surface area contributed by atoms with Crippen molar-refractivity contribution in [3.05, 3.63) is 23.5 Å². The van der Waals surface area contributed by atoms with Crippen LogP contribution in [0.2, 0.25) is 0 Å². The van der Waals surface area contributed by atoms with E-state index in [0.717, 1.165) is 0 Å². The second kappa shape index (κ2) is 3.75. The van der Waals surface area contributed by atoms with Crippen LogP contribution >= 0.6 is 0 Å². The van der Waals surface area contributed by atoms with Gasteiger partial charge in [-0.05, 0) is 12.1 Å². The summed E-state index contributed by atoms with van der Waals surface area (Å²) in [4.78, 5) is 23.8. The molecule has 0 unspecified atom stereocenters. The lowest BCUT2D eigenvalue weighted by Gasteiger charge is -1.95. The highest BCUT2D eigenvalue weighted by Gasteiger charge is 2.08. The number of esters is 1. The van der Waals surface area contributed by atoms with Crippen molar-refractivity contribution in [2.45, 2.75) is 6.42 Å². The number of carboxylic acids is 1. The number of aromatic amines is 1. The van der Waals surface area contributed by atoms with Gasteiger partial charge in [-0.3, -0.25) is 4.79 Å². The maximum Gasteiger partial charge on any atom is 0.352 e. The number of hydrogen-bond acceptors (Lipinski definition) is 3. The normalized spacial score (nSPS) is 9.62. The number of hydrogen-bond donors (Lipinski definition) is 2. The summed E-state index contributed by atoms with van der Waals surface area (Å²) >= 11 is 0. The first-order valence-corrected chi connectivity index (χ1v) is 3.61. The highest BCUT2D eigenvalue weighted by Crippen LogP contribution is 2.03. The van der Waals surface area contributed by atoms with Crippen molar-refractivity contribution >= 4 is 11.9 Å². The van der Waals surface area contributed by atoms with Gasteiger partial charge in [0.2, 0.25) is 0 Å². The Morgan fingerprint density at radius 3 is 2.69 bits per heavy atom. The molecular formula is C8H9NO4. The van der Waals surface area contributed by atoms with E-state index in [2.05, 4.69) is 9.72 Å². The maximum absolute atomic E-state index is 10.8. The number of aromatic carboxylic acids is 1. The molecule has 0 aliphatic heterocycles. The van der Waals surface area contributed by atoms with E-state index in [1.807, 2.05) is 0 Å². The van der Waals surface area contributed by atoms with Gasteiger partial charge >= 0.3 is 11.9 Å². The maximum atomic E-state index is 10.8. The van der Waals surface area contributed by atoms with Gasteiger partial charge < -0.3 is 14.8 Å². The lowest BCUT2D eigenvalue weighted by molar-refractivity contribution is -0.139. The monoisotopic (exact) mass is 183 g/mol. The summed E-state index contributed by atoms with van der Waals surface area (Å²) in [5, 5.41) is 8.54. The van der Waals surface area contributed by atoms with Crippen LogP contribution in [0.1, 0.15) is 16.2 Å². The third kappa shape index (κ3) is 2.33. The molecule has 70 valence electrons. The van der Waals surface area contributed by atoms with E-state index in [1.54, 1.807) is 6.07 Å². The van der Waals surface area contributed by atoms with Crippen LogP contribution in [0.25, 0.3) is 0 Å². The molecule has 1 aromatic rings. The second-order valence-electron chi connectivity index (χ2n) is 2.46. The number of nitrogens with one attached hydrogen (secondary N) is 1. The number of carbonyl (C=O) groups excluding carboxylic acids is 1. The molecule has 0 fully saturated rings. The van der Waals surface area contributed by atoms with Crippen LogP contribution in [0.3, 0.4) is 0 Å². The number of aromatic nitrogens is 1. The first-order chi connectivity index (χ1) is 6.13. The van der Waals surface area contributed by atoms with Crippen molar-refractivity contribution in [2.75, 3.05) is 7.11 Å². The number of carbonyl (C=O) groups is 2. The zero-order valence-electron chi connectivity index (χ0n) is 7.03. The summed E-state index contributed by atoms with van der Waals surface area (Å²) in [7, 11) is 1.28. The molecule has 1 rings (SSSR count). The molecule has 0 amide bonds. The fourth-order valence-electron chi connectivity index (χ4n) is 0.896. The number of rotatable bonds is 3. The number of methoxy groups -OCH3 is 1. The minimum Gasteiger partial charge on any atom is -0.477 e. The molecular weight excluding hydrogens is 174 g/mol. The molecule has 0 saturated heterocycles. The van der Waals surface area contributed by atoms with Gasteiger partial charge in [0, 0.05) is 5.69 Å². The Morgan fingerprint density at radius 2 is 2.23 bits per heavy atom. The minimum atomic E-state index is -1.05. The quantitative estimate of drug-likeness (QED) is 0.666. The first-order valence-electron chi connectivity index (χ1n) is 3.61. The summed E-state index contributed by atoms with van der Waals surface area (Å²) in [5.74, 6) is -1.45. The average molecular weight is 183 g/mol. The van der Waals surface area contributed by atoms with Crippen molar-refractivity contribution < 1.29 is 19.4 Å². The summed E-state index contributed by atoms with van der Waals surface area (Å²) in [5.41, 5.74) is 0.600. The third-order valence-corrected chi connectivity index (χ3v) is 1.54. The van der Waals surface area contributed by atoms with Crippen molar-refractivity contribution in [3.8, 4) is 0 Å². The molecule has 2 N–H and O–H groups in total. The first kappa shape index (κ1) is 9.31. The molecule has 0 aromatic carbocycles. The molecule has 5 nitrogen and oxygen atoms in total. The predicted octanol–water partition coefficient (Wildman–Crippen LogP) is 0.428. The lowest BCUT2D eigenvalue weighted by Crippen LogP contribution is -2.05. The van der Waals surface area contributed by atoms with Crippen molar-refractivity contribution in [1.82, 2.24) is 4.98 Å². The molecule has 0 saturated carbocycles. The van der Waals surface area contributed by atoms with Crippen LogP contribution in [0.4, 0.5) is 0 Å². The lowest BCUT2D eigenvalue weighted by atomic mass is 10.3. The predicted molar refractivity (Wildman–Crippen MR) is 43.5 cm³/mol. The Kier molecular flexibility index (Phi) is 2.69. The van der Waals surface area contributed by atoms with Crippen LogP contribution in [-0.2, 0) is 16.0 Å². The van der Waals surface area contributed by atoms with E-state index in [4.69, 9.17) is 5.11 Å². The Hall–Kier alpha value is -1.78. The van der Waals surface area contributed by atoms with Crippen LogP contribution < -0.4 is 0 Å². The van der Waals surface area contributed by atoms with Crippen LogP contribution in [0.5, 0.6) is 0 Å². The van der Waals surface area contributed by atoms with E-state index < -0.39 is 11.9 Å². The van der Waals surface area contributed by atoms with Gasteiger partial charge in [-0.1, -0.05) is 0 Å². The zero-order valence-corrected chi connectivity index (χ0v) is 7.03. The SMILES string of the molecule is COC(=O)Cc1ccc(C(=O)O)[nH]1. The topological polar surface area (TPSA) is 79.4 Å². The van der Waals surface area contributed by atoms with E-state index >= 15 is 0 Å². The fraction of sp³-hybridized carbons (Fsp3) is 0.250. The van der Waals surface area contributed by atoms with Crippen molar-refractivity contribution in [2.24, 2.45) is 0 Å². The van der Waals surface area contributed by atoms with Crippen LogP contribution in [0.15, 0.2) is 12.1 Å². The van der Waals surface area contributed by atoms with Gasteiger partial charge in [-0.2, -0.15) is 0 Å². The van der Waals surface area contributed by atoms with Crippen LogP contribution in [-0.4, -0.2) is 29.1 Å². The minimum absolute atomic E-state index is 0.0593. The largest absolute Gasteiger partial charge is 0.477 e. The van der Waals surface area contributed by atoms with Gasteiger partial charge in [0.1, 0.15) is 5.69 Å². The highest BCUT2D eigenvalue weighted by molar-refractivity contribution is 5.85. The molecule has 0 spiro atoms. The molecule has 1 heterocycles. The van der Waals surface area contributed by atoms with E-state index in [0.29, 0.717) is 5.69 Å². The Morgan fingerprint density at radius 1 is 1.54 bits per heavy atom. The van der Waals surface area contributed by atoms with Gasteiger partial charge in [-0.25, -0.2) is 4.79 Å². The van der Waals surface area contributed by atoms with E-state index in [1.165, 1.54) is 13.2 Å². The summed E-state index contributed by atoms with van der Waals surface area (Å²) in [6, 6.07) is 2.95.